The van der Waals surface area contributed by atoms with Gasteiger partial charge in [-0.2, -0.15) is 0 Å². The molecule has 0 bridgehead atoms. The van der Waals surface area contributed by atoms with Gasteiger partial charge in [0, 0.05) is 12.5 Å². The molecule has 1 atom stereocenters. The zero-order valence-corrected chi connectivity index (χ0v) is 17.4. The molecule has 0 aliphatic heterocycles. The molecule has 0 amide bonds. The van der Waals surface area contributed by atoms with E-state index in [2.05, 4.69) is 88.4 Å². The molecule has 0 spiro atoms. The fourth-order valence-electron chi connectivity index (χ4n) is 3.22. The van der Waals surface area contributed by atoms with Gasteiger partial charge in [0.2, 0.25) is 0 Å². The van der Waals surface area contributed by atoms with Crippen molar-refractivity contribution in [3.63, 3.8) is 0 Å². The Bertz CT molecular complexity index is 614. The van der Waals surface area contributed by atoms with Gasteiger partial charge >= 0.3 is 0 Å². The lowest BCUT2D eigenvalue weighted by atomic mass is 9.94. The zero-order valence-electron chi connectivity index (χ0n) is 16.4. The molecule has 2 nitrogen and oxygen atoms in total. The molecule has 2 aromatic carbocycles. The summed E-state index contributed by atoms with van der Waals surface area (Å²) in [5.41, 5.74) is -0.759. The fourth-order valence-corrected chi connectivity index (χ4v) is 7.87. The Labute approximate surface area is 154 Å². The van der Waals surface area contributed by atoms with Crippen molar-refractivity contribution in [3.05, 3.63) is 60.7 Å². The largest absolute Gasteiger partial charge is 0.407 e. The van der Waals surface area contributed by atoms with Gasteiger partial charge in [0.05, 0.1) is 5.60 Å². The van der Waals surface area contributed by atoms with Crippen molar-refractivity contribution in [2.75, 3.05) is 6.61 Å². The first kappa shape index (κ1) is 19.9. The molecule has 0 unspecified atom stereocenters. The molecular weight excluding hydrogens is 324 g/mol. The molecular formula is C22H32O2Si. The van der Waals surface area contributed by atoms with Crippen LogP contribution in [0.15, 0.2) is 60.7 Å². The van der Waals surface area contributed by atoms with Crippen molar-refractivity contribution in [2.45, 2.75) is 52.2 Å². The molecule has 25 heavy (non-hydrogen) atoms. The van der Waals surface area contributed by atoms with Crippen LogP contribution in [-0.4, -0.2) is 25.6 Å². The summed E-state index contributed by atoms with van der Waals surface area (Å²) in [5.74, 6) is 0.0501. The molecule has 0 heterocycles. The number of aliphatic hydroxyl groups is 1. The molecule has 0 aromatic heterocycles. The molecule has 3 heteroatoms. The SMILES string of the molecule is C[C@H](CO[Si](c1ccccc1)(c1ccccc1)C(C)(C)C)C(C)(C)O. The maximum Gasteiger partial charge on any atom is 0.261 e. The summed E-state index contributed by atoms with van der Waals surface area (Å²) < 4.78 is 6.83. The van der Waals surface area contributed by atoms with Crippen molar-refractivity contribution >= 4 is 18.7 Å². The third-order valence-corrected chi connectivity index (χ3v) is 10.2. The highest BCUT2D eigenvalue weighted by molar-refractivity contribution is 6.99. The topological polar surface area (TPSA) is 29.5 Å². The molecule has 0 aliphatic carbocycles. The number of benzene rings is 2. The lowest BCUT2D eigenvalue weighted by molar-refractivity contribution is 0.00324. The van der Waals surface area contributed by atoms with E-state index < -0.39 is 13.9 Å². The Kier molecular flexibility index (Phi) is 5.92. The van der Waals surface area contributed by atoms with Crippen molar-refractivity contribution in [3.8, 4) is 0 Å². The van der Waals surface area contributed by atoms with Gasteiger partial charge in [0.15, 0.2) is 0 Å². The quantitative estimate of drug-likeness (QED) is 0.794. The predicted octanol–water partition coefficient (Wildman–Crippen LogP) is 3.97. The first-order valence-corrected chi connectivity index (χ1v) is 11.0. The minimum absolute atomic E-state index is 0.0327. The molecule has 0 radical (unpaired) electrons. The Morgan fingerprint density at radius 2 is 1.24 bits per heavy atom. The van der Waals surface area contributed by atoms with Crippen molar-refractivity contribution in [1.29, 1.82) is 0 Å². The van der Waals surface area contributed by atoms with E-state index in [0.717, 1.165) is 0 Å². The van der Waals surface area contributed by atoms with Crippen molar-refractivity contribution in [2.24, 2.45) is 5.92 Å². The van der Waals surface area contributed by atoms with Gasteiger partial charge in [0.1, 0.15) is 0 Å². The van der Waals surface area contributed by atoms with Gasteiger partial charge in [-0.05, 0) is 29.3 Å². The molecule has 0 fully saturated rings. The normalized spacial score (nSPS) is 14.4. The van der Waals surface area contributed by atoms with Crippen LogP contribution < -0.4 is 10.4 Å². The summed E-state index contributed by atoms with van der Waals surface area (Å²) in [6.07, 6.45) is 0. The smallest absolute Gasteiger partial charge is 0.261 e. The van der Waals surface area contributed by atoms with E-state index in [9.17, 15) is 5.11 Å². The molecule has 136 valence electrons. The first-order chi connectivity index (χ1) is 11.6. The molecule has 0 saturated heterocycles. The third-order valence-electron chi connectivity index (χ3n) is 5.17. The summed E-state index contributed by atoms with van der Waals surface area (Å²) in [5, 5.41) is 12.9. The Hall–Kier alpha value is -1.42. The summed E-state index contributed by atoms with van der Waals surface area (Å²) in [6.45, 7) is 13.1. The summed E-state index contributed by atoms with van der Waals surface area (Å²) in [7, 11) is -2.50. The van der Waals surface area contributed by atoms with Crippen LogP contribution in [0.25, 0.3) is 0 Å². The second-order valence-electron chi connectivity index (χ2n) is 8.53. The lowest BCUT2D eigenvalue weighted by Gasteiger charge is -2.44. The summed E-state index contributed by atoms with van der Waals surface area (Å²) in [4.78, 5) is 0. The first-order valence-electron chi connectivity index (χ1n) is 9.06. The summed E-state index contributed by atoms with van der Waals surface area (Å²) in [6, 6.07) is 21.2. The summed E-state index contributed by atoms with van der Waals surface area (Å²) >= 11 is 0. The Morgan fingerprint density at radius 1 is 0.840 bits per heavy atom. The average molecular weight is 357 g/mol. The second-order valence-corrected chi connectivity index (χ2v) is 12.8. The highest BCUT2D eigenvalue weighted by atomic mass is 28.4. The van der Waals surface area contributed by atoms with E-state index >= 15 is 0 Å². The maximum atomic E-state index is 10.4. The highest BCUT2D eigenvalue weighted by Gasteiger charge is 2.50. The highest BCUT2D eigenvalue weighted by Crippen LogP contribution is 2.37. The maximum absolute atomic E-state index is 10.4. The van der Waals surface area contributed by atoms with Crippen LogP contribution in [-0.2, 0) is 4.43 Å². The average Bonchev–Trinajstić information content (AvgIpc) is 2.55. The van der Waals surface area contributed by atoms with Gasteiger partial charge in [-0.3, -0.25) is 0 Å². The monoisotopic (exact) mass is 356 g/mol. The van der Waals surface area contributed by atoms with E-state index in [1.165, 1.54) is 10.4 Å². The van der Waals surface area contributed by atoms with E-state index in [0.29, 0.717) is 6.61 Å². The Balaban J connectivity index is 2.57. The van der Waals surface area contributed by atoms with Gasteiger partial charge in [-0.25, -0.2) is 0 Å². The molecule has 2 aromatic rings. The molecule has 0 saturated carbocycles. The standard InChI is InChI=1S/C22H32O2Si/c1-18(22(5,6)23)17-24-25(21(2,3)4,19-13-9-7-10-14-19)20-15-11-8-12-16-20/h7-16,18,23H,17H2,1-6H3/t18-/m1/s1. The van der Waals surface area contributed by atoms with Crippen molar-refractivity contribution in [1.82, 2.24) is 0 Å². The van der Waals surface area contributed by atoms with Crippen LogP contribution in [0.2, 0.25) is 5.04 Å². The minimum Gasteiger partial charge on any atom is -0.407 e. The van der Waals surface area contributed by atoms with E-state index in [1.54, 1.807) is 0 Å². The van der Waals surface area contributed by atoms with E-state index in [1.807, 2.05) is 13.8 Å². The van der Waals surface area contributed by atoms with Crippen molar-refractivity contribution < 1.29 is 9.53 Å². The third kappa shape index (κ3) is 4.22. The second kappa shape index (κ2) is 7.44. The van der Waals surface area contributed by atoms with E-state index in [4.69, 9.17) is 4.43 Å². The predicted molar refractivity (Wildman–Crippen MR) is 109 cm³/mol. The van der Waals surface area contributed by atoms with Crippen LogP contribution in [0.4, 0.5) is 0 Å². The zero-order chi connectivity index (χ0) is 18.7. The van der Waals surface area contributed by atoms with Gasteiger partial charge in [0.25, 0.3) is 8.32 Å². The molecule has 2 rings (SSSR count). The van der Waals surface area contributed by atoms with Crippen LogP contribution in [0, 0.1) is 5.92 Å². The van der Waals surface area contributed by atoms with E-state index in [-0.39, 0.29) is 11.0 Å². The number of hydrogen-bond donors (Lipinski definition) is 1. The van der Waals surface area contributed by atoms with Gasteiger partial charge in [-0.1, -0.05) is 88.4 Å². The number of rotatable bonds is 6. The van der Waals surface area contributed by atoms with Crippen LogP contribution in [0.5, 0.6) is 0 Å². The fraction of sp³-hybridized carbons (Fsp3) is 0.455. The molecule has 1 N–H and O–H groups in total. The number of hydrogen-bond acceptors (Lipinski definition) is 2. The van der Waals surface area contributed by atoms with Crippen LogP contribution in [0.3, 0.4) is 0 Å². The molecule has 0 aliphatic rings. The van der Waals surface area contributed by atoms with Gasteiger partial charge < -0.3 is 9.53 Å². The Morgan fingerprint density at radius 3 is 1.56 bits per heavy atom. The minimum atomic E-state index is -2.50. The van der Waals surface area contributed by atoms with Crippen LogP contribution >= 0.6 is 0 Å². The lowest BCUT2D eigenvalue weighted by Crippen LogP contribution is -2.67. The van der Waals surface area contributed by atoms with Crippen LogP contribution in [0.1, 0.15) is 41.5 Å². The van der Waals surface area contributed by atoms with Gasteiger partial charge in [-0.15, -0.1) is 0 Å².